The molecule has 0 radical (unpaired) electrons. The van der Waals surface area contributed by atoms with Crippen molar-refractivity contribution in [3.05, 3.63) is 118 Å². The predicted octanol–water partition coefficient (Wildman–Crippen LogP) is 5.97. The average molecular weight is 808 g/mol. The lowest BCUT2D eigenvalue weighted by Crippen LogP contribution is -2.58. The highest BCUT2D eigenvalue weighted by atomic mass is 16.5. The molecule has 11 heteroatoms. The van der Waals surface area contributed by atoms with Gasteiger partial charge in [0, 0.05) is 68.4 Å². The minimum atomic E-state index is -0.639. The standard InChI is InChI=1S/C49H53N5O6/c55-37-11-13-39-34(24-37)8-12-38(32-4-2-1-3-5-32)45(39)33-6-9-35(10-7-33)52-20-18-49(19-21-52)25-31(29-60-49)26-51-22-23-53-36(27-51)30-59-46-41-28-54(43-16-17-44(56)50-47(43)57)48(58)40(41)14-15-42(46)53/h1-7,9-11,13-15,24,31,36,38,43,45,55H,8,12,16-23,25-30H2,(H,50,56,57)/t31-,36+,38+,43-,45-/m0/s1. The normalized spacial score (nSPS) is 27.2. The van der Waals surface area contributed by atoms with Crippen LogP contribution in [0.2, 0.25) is 0 Å². The van der Waals surface area contributed by atoms with Crippen LogP contribution in [0.15, 0.2) is 84.9 Å². The van der Waals surface area contributed by atoms with Gasteiger partial charge in [-0.05, 0) is 109 Å². The lowest BCUT2D eigenvalue weighted by Gasteiger charge is -2.46. The van der Waals surface area contributed by atoms with Crippen molar-refractivity contribution in [3.63, 3.8) is 0 Å². The predicted molar refractivity (Wildman–Crippen MR) is 228 cm³/mol. The molecule has 3 amide bonds. The summed E-state index contributed by atoms with van der Waals surface area (Å²) in [4.78, 5) is 46.9. The van der Waals surface area contributed by atoms with E-state index in [1.165, 1.54) is 27.9 Å². The van der Waals surface area contributed by atoms with Gasteiger partial charge in [0.15, 0.2) is 0 Å². The molecule has 7 aliphatic rings. The van der Waals surface area contributed by atoms with Crippen molar-refractivity contribution < 1.29 is 29.0 Å². The highest BCUT2D eigenvalue weighted by molar-refractivity contribution is 6.06. The number of imide groups is 1. The number of carbonyl (C=O) groups is 3. The topological polar surface area (TPSA) is 115 Å². The summed E-state index contributed by atoms with van der Waals surface area (Å²) in [5, 5.41) is 12.7. The van der Waals surface area contributed by atoms with Gasteiger partial charge in [-0.3, -0.25) is 24.6 Å². The Morgan fingerprint density at radius 1 is 0.817 bits per heavy atom. The van der Waals surface area contributed by atoms with Gasteiger partial charge in [0.05, 0.1) is 30.5 Å². The summed E-state index contributed by atoms with van der Waals surface area (Å²) < 4.78 is 13.2. The zero-order chi connectivity index (χ0) is 40.5. The first kappa shape index (κ1) is 37.6. The van der Waals surface area contributed by atoms with Gasteiger partial charge in [0.1, 0.15) is 24.1 Å². The Morgan fingerprint density at radius 2 is 1.65 bits per heavy atom. The number of piperazine rings is 1. The summed E-state index contributed by atoms with van der Waals surface area (Å²) in [5.41, 5.74) is 9.00. The SMILES string of the molecule is O=C1CC[C@H](N2Cc3c(ccc4c3OC[C@H]3CN(C[C@H]5COC6(CCN(c7ccc([C@@H]8c9ccc(O)cc9CC[C@@H]8c8ccccc8)cc7)CC6)C5)CCN43)C2=O)C(=O)N1. The molecule has 60 heavy (non-hydrogen) atoms. The average Bonchev–Trinajstić information content (AvgIpc) is 3.82. The van der Waals surface area contributed by atoms with Gasteiger partial charge in [0.2, 0.25) is 11.8 Å². The molecule has 1 aliphatic carbocycles. The van der Waals surface area contributed by atoms with Crippen LogP contribution in [0.3, 0.4) is 0 Å². The first-order valence-corrected chi connectivity index (χ1v) is 22.1. The van der Waals surface area contributed by atoms with Gasteiger partial charge in [-0.1, -0.05) is 48.5 Å². The van der Waals surface area contributed by atoms with E-state index in [2.05, 4.69) is 80.7 Å². The molecule has 6 aliphatic heterocycles. The van der Waals surface area contributed by atoms with E-state index in [-0.39, 0.29) is 35.8 Å². The number of aryl methyl sites for hydroxylation is 1. The smallest absolute Gasteiger partial charge is 0.255 e. The van der Waals surface area contributed by atoms with Gasteiger partial charge >= 0.3 is 0 Å². The monoisotopic (exact) mass is 807 g/mol. The van der Waals surface area contributed by atoms with E-state index < -0.39 is 11.9 Å². The van der Waals surface area contributed by atoms with Crippen LogP contribution in [0.25, 0.3) is 0 Å². The summed E-state index contributed by atoms with van der Waals surface area (Å²) in [5.74, 6) is 1.41. The van der Waals surface area contributed by atoms with Crippen LogP contribution >= 0.6 is 0 Å². The van der Waals surface area contributed by atoms with E-state index in [9.17, 15) is 19.5 Å². The van der Waals surface area contributed by atoms with Crippen molar-refractivity contribution in [1.82, 2.24) is 15.1 Å². The molecule has 4 saturated heterocycles. The minimum absolute atomic E-state index is 0.0460. The first-order chi connectivity index (χ1) is 29.3. The first-order valence-electron chi connectivity index (χ1n) is 22.1. The number of amides is 3. The summed E-state index contributed by atoms with van der Waals surface area (Å²) in [6.45, 7) is 7.46. The molecule has 11 rings (SSSR count). The number of phenolic OH excluding ortho intramolecular Hbond substituents is 1. The van der Waals surface area contributed by atoms with Crippen molar-refractivity contribution in [3.8, 4) is 11.5 Å². The molecule has 0 saturated carbocycles. The van der Waals surface area contributed by atoms with Gasteiger partial charge in [-0.2, -0.15) is 0 Å². The van der Waals surface area contributed by atoms with Crippen molar-refractivity contribution in [1.29, 1.82) is 0 Å². The van der Waals surface area contributed by atoms with E-state index in [4.69, 9.17) is 9.47 Å². The van der Waals surface area contributed by atoms with E-state index in [1.807, 2.05) is 24.3 Å². The Morgan fingerprint density at radius 3 is 2.47 bits per heavy atom. The number of anilines is 2. The molecule has 0 bridgehead atoms. The van der Waals surface area contributed by atoms with Crippen LogP contribution in [0.5, 0.6) is 11.5 Å². The van der Waals surface area contributed by atoms with E-state index >= 15 is 0 Å². The molecule has 6 heterocycles. The second-order valence-corrected chi connectivity index (χ2v) is 18.3. The van der Waals surface area contributed by atoms with Crippen LogP contribution in [0, 0.1) is 5.92 Å². The highest BCUT2D eigenvalue weighted by Gasteiger charge is 2.46. The Bertz CT molecular complexity index is 2330. The third-order valence-corrected chi connectivity index (χ3v) is 14.9. The fraction of sp³-hybridized carbons (Fsp3) is 0.449. The maximum atomic E-state index is 13.4. The second-order valence-electron chi connectivity index (χ2n) is 18.3. The number of ether oxygens (including phenoxy) is 2. The highest BCUT2D eigenvalue weighted by Crippen LogP contribution is 2.48. The molecular formula is C49H53N5O6. The number of aromatic hydroxyl groups is 1. The fourth-order valence-electron chi connectivity index (χ4n) is 11.8. The molecule has 11 nitrogen and oxygen atoms in total. The third kappa shape index (κ3) is 6.61. The second kappa shape index (κ2) is 15.0. The van der Waals surface area contributed by atoms with Gasteiger partial charge in [-0.25, -0.2) is 0 Å². The zero-order valence-corrected chi connectivity index (χ0v) is 34.1. The largest absolute Gasteiger partial charge is 0.508 e. The molecular weight excluding hydrogens is 755 g/mol. The molecule has 1 spiro atoms. The number of phenols is 1. The quantitative estimate of drug-likeness (QED) is 0.228. The van der Waals surface area contributed by atoms with Gasteiger partial charge in [0.25, 0.3) is 5.91 Å². The summed E-state index contributed by atoms with van der Waals surface area (Å²) in [6, 6.07) is 29.7. The number of carbonyl (C=O) groups excluding carboxylic acids is 3. The molecule has 4 aromatic rings. The maximum Gasteiger partial charge on any atom is 0.255 e. The Balaban J connectivity index is 0.700. The number of rotatable bonds is 6. The van der Waals surface area contributed by atoms with Crippen molar-refractivity contribution >= 4 is 29.1 Å². The summed E-state index contributed by atoms with van der Waals surface area (Å²) in [6.07, 6.45) is 5.79. The van der Waals surface area contributed by atoms with Crippen LogP contribution in [0.4, 0.5) is 11.4 Å². The lowest BCUT2D eigenvalue weighted by atomic mass is 9.69. The molecule has 0 unspecified atom stereocenters. The molecule has 310 valence electrons. The number of fused-ring (bicyclic) bond motifs is 6. The summed E-state index contributed by atoms with van der Waals surface area (Å²) in [7, 11) is 0. The maximum absolute atomic E-state index is 13.4. The third-order valence-electron chi connectivity index (χ3n) is 14.9. The summed E-state index contributed by atoms with van der Waals surface area (Å²) >= 11 is 0. The number of hydrogen-bond acceptors (Lipinski definition) is 9. The fourth-order valence-corrected chi connectivity index (χ4v) is 11.8. The molecule has 4 fully saturated rings. The van der Waals surface area contributed by atoms with Gasteiger partial charge < -0.3 is 29.3 Å². The van der Waals surface area contributed by atoms with E-state index in [1.54, 1.807) is 4.90 Å². The van der Waals surface area contributed by atoms with Crippen molar-refractivity contribution in [2.24, 2.45) is 5.92 Å². The van der Waals surface area contributed by atoms with Crippen LogP contribution in [-0.2, 0) is 27.3 Å². The van der Waals surface area contributed by atoms with E-state index in [0.717, 1.165) is 95.0 Å². The Labute approximate surface area is 351 Å². The number of nitrogens with one attached hydrogen (secondary N) is 1. The number of hydrogen-bond donors (Lipinski definition) is 2. The van der Waals surface area contributed by atoms with Crippen LogP contribution in [-0.4, -0.2) is 103 Å². The molecule has 0 aromatic heterocycles. The Kier molecular flexibility index (Phi) is 9.37. The zero-order valence-electron chi connectivity index (χ0n) is 34.1. The van der Waals surface area contributed by atoms with Crippen molar-refractivity contribution in [2.45, 2.75) is 81.0 Å². The number of piperidine rings is 2. The van der Waals surface area contributed by atoms with E-state index in [0.29, 0.717) is 42.7 Å². The van der Waals surface area contributed by atoms with Crippen LogP contribution in [0.1, 0.15) is 88.5 Å². The molecule has 5 atom stereocenters. The Hall–Kier alpha value is -5.39. The van der Waals surface area contributed by atoms with Crippen molar-refractivity contribution in [2.75, 3.05) is 62.3 Å². The molecule has 2 N–H and O–H groups in total. The lowest BCUT2D eigenvalue weighted by molar-refractivity contribution is -0.136. The number of benzene rings is 4. The van der Waals surface area contributed by atoms with Crippen LogP contribution < -0.4 is 19.9 Å². The minimum Gasteiger partial charge on any atom is -0.508 e. The van der Waals surface area contributed by atoms with Gasteiger partial charge in [-0.15, -0.1) is 0 Å². The number of nitrogens with zero attached hydrogens (tertiary/aromatic N) is 4. The molecule has 4 aromatic carbocycles.